The number of fused-ring (bicyclic) bond motifs is 1. The van der Waals surface area contributed by atoms with Gasteiger partial charge in [-0.05, 0) is 18.6 Å². The highest BCUT2D eigenvalue weighted by molar-refractivity contribution is 5.92. The molecule has 1 aliphatic rings. The van der Waals surface area contributed by atoms with Crippen molar-refractivity contribution < 1.29 is 9.90 Å². The van der Waals surface area contributed by atoms with Gasteiger partial charge in [0.15, 0.2) is 0 Å². The van der Waals surface area contributed by atoms with Crippen LogP contribution in [-0.2, 0) is 0 Å². The van der Waals surface area contributed by atoms with Crippen molar-refractivity contribution >= 4 is 17.5 Å². The van der Waals surface area contributed by atoms with Crippen LogP contribution in [0.2, 0.25) is 0 Å². The summed E-state index contributed by atoms with van der Waals surface area (Å²) in [6, 6.07) is 7.51. The Kier molecular flexibility index (Phi) is 2.49. The molecule has 0 saturated carbocycles. The van der Waals surface area contributed by atoms with Gasteiger partial charge in [0.25, 0.3) is 0 Å². The third-order valence-electron chi connectivity index (χ3n) is 2.73. The number of benzene rings is 1. The second-order valence-corrected chi connectivity index (χ2v) is 3.61. The second-order valence-electron chi connectivity index (χ2n) is 3.61. The van der Waals surface area contributed by atoms with Crippen molar-refractivity contribution in [1.29, 1.82) is 0 Å². The van der Waals surface area contributed by atoms with Crippen molar-refractivity contribution in [3.8, 4) is 0 Å². The van der Waals surface area contributed by atoms with Crippen LogP contribution >= 0.6 is 0 Å². The summed E-state index contributed by atoms with van der Waals surface area (Å²) in [6.45, 7) is 2.68. The maximum Gasteiger partial charge on any atom is 0.412 e. The summed E-state index contributed by atoms with van der Waals surface area (Å²) < 4.78 is 0. The van der Waals surface area contributed by atoms with Gasteiger partial charge in [0.2, 0.25) is 0 Å². The number of amides is 1. The molecule has 4 nitrogen and oxygen atoms in total. The molecule has 0 aromatic heterocycles. The first-order valence-electron chi connectivity index (χ1n) is 5.09. The molecule has 1 aromatic carbocycles. The molecule has 0 radical (unpaired) electrons. The van der Waals surface area contributed by atoms with Gasteiger partial charge < -0.3 is 10.4 Å². The number of nitrogens with one attached hydrogen (secondary N) is 1. The molecule has 0 fully saturated rings. The van der Waals surface area contributed by atoms with Crippen LogP contribution in [0.1, 0.15) is 13.3 Å². The zero-order valence-corrected chi connectivity index (χ0v) is 8.60. The minimum atomic E-state index is -0.879. The fourth-order valence-corrected chi connectivity index (χ4v) is 1.94. The fourth-order valence-electron chi connectivity index (χ4n) is 1.94. The molecule has 1 unspecified atom stereocenters. The third-order valence-corrected chi connectivity index (χ3v) is 2.73. The first kappa shape index (κ1) is 9.83. The average molecular weight is 206 g/mol. The van der Waals surface area contributed by atoms with Crippen LogP contribution in [0.5, 0.6) is 0 Å². The van der Waals surface area contributed by atoms with Crippen LogP contribution in [0.15, 0.2) is 24.3 Å². The molecule has 1 aliphatic heterocycles. The quantitative estimate of drug-likeness (QED) is 0.741. The van der Waals surface area contributed by atoms with Crippen molar-refractivity contribution in [3.05, 3.63) is 24.3 Å². The van der Waals surface area contributed by atoms with E-state index >= 15 is 0 Å². The van der Waals surface area contributed by atoms with Crippen LogP contribution < -0.4 is 10.2 Å². The number of para-hydroxylation sites is 2. The number of hydrogen-bond donors (Lipinski definition) is 2. The van der Waals surface area contributed by atoms with E-state index < -0.39 is 6.09 Å². The van der Waals surface area contributed by atoms with Gasteiger partial charge in [0, 0.05) is 6.54 Å². The molecule has 1 aromatic rings. The Labute approximate surface area is 88.5 Å². The van der Waals surface area contributed by atoms with Crippen molar-refractivity contribution in [3.63, 3.8) is 0 Å². The Morgan fingerprint density at radius 3 is 3.00 bits per heavy atom. The Bertz CT molecular complexity index is 379. The van der Waals surface area contributed by atoms with Crippen LogP contribution in [0.3, 0.4) is 0 Å². The molecular weight excluding hydrogens is 192 g/mol. The van der Waals surface area contributed by atoms with E-state index in [2.05, 4.69) is 5.32 Å². The van der Waals surface area contributed by atoms with E-state index in [-0.39, 0.29) is 6.04 Å². The first-order valence-corrected chi connectivity index (χ1v) is 5.09. The van der Waals surface area contributed by atoms with E-state index in [1.54, 1.807) is 0 Å². The third kappa shape index (κ3) is 1.63. The summed E-state index contributed by atoms with van der Waals surface area (Å²) in [5.74, 6) is 0. The van der Waals surface area contributed by atoms with Gasteiger partial charge in [-0.1, -0.05) is 19.1 Å². The Morgan fingerprint density at radius 1 is 1.60 bits per heavy atom. The van der Waals surface area contributed by atoms with Crippen LogP contribution in [0.4, 0.5) is 16.2 Å². The lowest BCUT2D eigenvalue weighted by Gasteiger charge is -2.35. The number of rotatable bonds is 1. The van der Waals surface area contributed by atoms with E-state index in [0.717, 1.165) is 17.8 Å². The van der Waals surface area contributed by atoms with Crippen molar-refractivity contribution in [2.24, 2.45) is 0 Å². The minimum absolute atomic E-state index is 0.0254. The van der Waals surface area contributed by atoms with Crippen molar-refractivity contribution in [2.45, 2.75) is 19.4 Å². The van der Waals surface area contributed by atoms with E-state index in [1.165, 1.54) is 4.90 Å². The highest BCUT2D eigenvalue weighted by Crippen LogP contribution is 2.31. The topological polar surface area (TPSA) is 52.6 Å². The summed E-state index contributed by atoms with van der Waals surface area (Å²) in [6.07, 6.45) is -0.0658. The molecule has 1 amide bonds. The highest BCUT2D eigenvalue weighted by Gasteiger charge is 2.29. The molecular formula is C11H14N2O2. The number of carbonyl (C=O) groups is 1. The monoisotopic (exact) mass is 206 g/mol. The maximum absolute atomic E-state index is 11.2. The maximum atomic E-state index is 11.2. The SMILES string of the molecule is CCC1CNc2ccccc2N1C(=O)O. The molecule has 0 saturated heterocycles. The van der Waals surface area contributed by atoms with Gasteiger partial charge in [0.1, 0.15) is 0 Å². The largest absolute Gasteiger partial charge is 0.465 e. The highest BCUT2D eigenvalue weighted by atomic mass is 16.4. The molecule has 0 aliphatic carbocycles. The molecule has 2 rings (SSSR count). The number of nitrogens with zero attached hydrogens (tertiary/aromatic N) is 1. The summed E-state index contributed by atoms with van der Waals surface area (Å²) in [4.78, 5) is 12.6. The number of carboxylic acid groups (broad SMARTS) is 1. The van der Waals surface area contributed by atoms with Gasteiger partial charge in [0.05, 0.1) is 17.4 Å². The molecule has 4 heteroatoms. The molecule has 80 valence electrons. The van der Waals surface area contributed by atoms with Crippen molar-refractivity contribution in [1.82, 2.24) is 0 Å². The average Bonchev–Trinajstić information content (AvgIpc) is 2.27. The molecule has 0 spiro atoms. The van der Waals surface area contributed by atoms with E-state index in [1.807, 2.05) is 31.2 Å². The lowest BCUT2D eigenvalue weighted by atomic mass is 10.1. The molecule has 15 heavy (non-hydrogen) atoms. The number of anilines is 2. The zero-order chi connectivity index (χ0) is 10.8. The summed E-state index contributed by atoms with van der Waals surface area (Å²) in [7, 11) is 0. The smallest absolute Gasteiger partial charge is 0.412 e. The predicted octanol–water partition coefficient (Wildman–Crippen LogP) is 2.38. The fraction of sp³-hybridized carbons (Fsp3) is 0.364. The van der Waals surface area contributed by atoms with Crippen molar-refractivity contribution in [2.75, 3.05) is 16.8 Å². The zero-order valence-electron chi connectivity index (χ0n) is 8.60. The van der Waals surface area contributed by atoms with Gasteiger partial charge in [-0.2, -0.15) is 0 Å². The summed E-state index contributed by atoms with van der Waals surface area (Å²) in [5.41, 5.74) is 1.65. The normalized spacial score (nSPS) is 19.3. The number of hydrogen-bond acceptors (Lipinski definition) is 2. The molecule has 1 heterocycles. The van der Waals surface area contributed by atoms with Crippen LogP contribution in [-0.4, -0.2) is 23.8 Å². The van der Waals surface area contributed by atoms with Crippen LogP contribution in [0.25, 0.3) is 0 Å². The molecule has 1 atom stereocenters. The van der Waals surface area contributed by atoms with E-state index in [9.17, 15) is 9.90 Å². The minimum Gasteiger partial charge on any atom is -0.465 e. The second kappa shape index (κ2) is 3.81. The van der Waals surface area contributed by atoms with E-state index in [4.69, 9.17) is 0 Å². The lowest BCUT2D eigenvalue weighted by molar-refractivity contribution is 0.198. The standard InChI is InChI=1S/C11H14N2O2/c1-2-8-7-12-9-5-3-4-6-10(9)13(8)11(14)15/h3-6,8,12H,2,7H2,1H3,(H,14,15). The molecule has 2 N–H and O–H groups in total. The van der Waals surface area contributed by atoms with E-state index in [0.29, 0.717) is 6.54 Å². The van der Waals surface area contributed by atoms with Crippen LogP contribution in [0, 0.1) is 0 Å². The Hall–Kier alpha value is -1.71. The van der Waals surface area contributed by atoms with Gasteiger partial charge in [-0.15, -0.1) is 0 Å². The summed E-state index contributed by atoms with van der Waals surface area (Å²) >= 11 is 0. The lowest BCUT2D eigenvalue weighted by Crippen LogP contribution is -2.46. The van der Waals surface area contributed by atoms with Gasteiger partial charge >= 0.3 is 6.09 Å². The van der Waals surface area contributed by atoms with Gasteiger partial charge in [-0.3, -0.25) is 4.90 Å². The van der Waals surface area contributed by atoms with Gasteiger partial charge in [-0.25, -0.2) is 4.79 Å². The first-order chi connectivity index (χ1) is 7.24. The Balaban J connectivity index is 2.43. The molecule has 0 bridgehead atoms. The Morgan fingerprint density at radius 2 is 2.33 bits per heavy atom. The predicted molar refractivity (Wildman–Crippen MR) is 59.5 cm³/mol. The summed E-state index contributed by atoms with van der Waals surface area (Å²) in [5, 5.41) is 12.4.